The number of nitrogens with zero attached hydrogens (tertiary/aromatic N) is 2. The molecule has 18 heavy (non-hydrogen) atoms. The third kappa shape index (κ3) is 3.33. The van der Waals surface area contributed by atoms with Gasteiger partial charge < -0.3 is 10.1 Å². The van der Waals surface area contributed by atoms with E-state index in [2.05, 4.69) is 35.0 Å². The van der Waals surface area contributed by atoms with Gasteiger partial charge in [0.1, 0.15) is 0 Å². The maximum atomic E-state index is 5.71. The smallest absolute Gasteiger partial charge is 0.0613 e. The van der Waals surface area contributed by atoms with Crippen molar-refractivity contribution in [3.8, 4) is 0 Å². The number of aromatic nitrogens is 2. The fourth-order valence-electron chi connectivity index (χ4n) is 2.69. The predicted molar refractivity (Wildman–Crippen MR) is 72.4 cm³/mol. The zero-order valence-corrected chi connectivity index (χ0v) is 11.6. The lowest BCUT2D eigenvalue weighted by molar-refractivity contribution is 0.0872. The Morgan fingerprint density at radius 3 is 3.17 bits per heavy atom. The number of hydrogen-bond donors (Lipinski definition) is 1. The normalized spacial score (nSPS) is 23.7. The van der Waals surface area contributed by atoms with Crippen LogP contribution in [0.5, 0.6) is 0 Å². The van der Waals surface area contributed by atoms with Gasteiger partial charge in [-0.3, -0.25) is 4.68 Å². The monoisotopic (exact) mass is 251 g/mol. The van der Waals surface area contributed by atoms with Gasteiger partial charge in [0.2, 0.25) is 0 Å². The van der Waals surface area contributed by atoms with Crippen LogP contribution < -0.4 is 5.32 Å². The number of rotatable bonds is 7. The molecule has 0 aromatic carbocycles. The standard InChI is InChI=1S/C14H25N3O/c1-3-8-17-13(5-7-16-17)11-15-10-12-6-9-18-14(12)4-2/h5,7,12,14-15H,3-4,6,8-11H2,1-2H3. The third-order valence-corrected chi connectivity index (χ3v) is 3.70. The third-order valence-electron chi connectivity index (χ3n) is 3.70. The van der Waals surface area contributed by atoms with Gasteiger partial charge in [-0.05, 0) is 31.2 Å². The summed E-state index contributed by atoms with van der Waals surface area (Å²) in [4.78, 5) is 0. The molecule has 2 heterocycles. The van der Waals surface area contributed by atoms with Crippen molar-refractivity contribution in [2.24, 2.45) is 5.92 Å². The zero-order valence-electron chi connectivity index (χ0n) is 11.6. The van der Waals surface area contributed by atoms with Gasteiger partial charge in [0, 0.05) is 32.4 Å². The molecule has 1 aromatic rings. The summed E-state index contributed by atoms with van der Waals surface area (Å²) in [5, 5.41) is 7.89. The highest BCUT2D eigenvalue weighted by molar-refractivity contribution is 5.00. The van der Waals surface area contributed by atoms with E-state index >= 15 is 0 Å². The first-order valence-electron chi connectivity index (χ1n) is 7.18. The molecule has 0 bridgehead atoms. The van der Waals surface area contributed by atoms with Crippen LogP contribution in [-0.2, 0) is 17.8 Å². The van der Waals surface area contributed by atoms with Gasteiger partial charge in [0.25, 0.3) is 0 Å². The Hall–Kier alpha value is -0.870. The van der Waals surface area contributed by atoms with Crippen molar-refractivity contribution in [3.05, 3.63) is 18.0 Å². The molecule has 1 N–H and O–H groups in total. The maximum Gasteiger partial charge on any atom is 0.0613 e. The van der Waals surface area contributed by atoms with Gasteiger partial charge in [0.05, 0.1) is 11.8 Å². The summed E-state index contributed by atoms with van der Waals surface area (Å²) >= 11 is 0. The maximum absolute atomic E-state index is 5.71. The van der Waals surface area contributed by atoms with Gasteiger partial charge in [-0.25, -0.2) is 0 Å². The molecule has 1 aliphatic heterocycles. The van der Waals surface area contributed by atoms with Gasteiger partial charge in [-0.15, -0.1) is 0 Å². The Kier molecular flexibility index (Phi) is 5.20. The molecule has 4 heteroatoms. The van der Waals surface area contributed by atoms with Gasteiger partial charge in [-0.1, -0.05) is 13.8 Å². The van der Waals surface area contributed by atoms with Crippen LogP contribution in [0, 0.1) is 5.92 Å². The number of ether oxygens (including phenoxy) is 1. The minimum Gasteiger partial charge on any atom is -0.378 e. The molecule has 2 rings (SSSR count). The Balaban J connectivity index is 1.76. The Morgan fingerprint density at radius 1 is 1.50 bits per heavy atom. The van der Waals surface area contributed by atoms with Crippen LogP contribution in [0.2, 0.25) is 0 Å². The summed E-state index contributed by atoms with van der Waals surface area (Å²) < 4.78 is 7.80. The van der Waals surface area contributed by atoms with Crippen molar-refractivity contribution >= 4 is 0 Å². The highest BCUT2D eigenvalue weighted by Gasteiger charge is 2.25. The molecule has 0 spiro atoms. The minimum atomic E-state index is 0.457. The molecule has 1 aromatic heterocycles. The summed E-state index contributed by atoms with van der Waals surface area (Å²) in [6.45, 7) is 8.29. The van der Waals surface area contributed by atoms with E-state index in [1.165, 1.54) is 12.1 Å². The molecule has 0 aliphatic carbocycles. The van der Waals surface area contributed by atoms with Crippen LogP contribution in [0.4, 0.5) is 0 Å². The van der Waals surface area contributed by atoms with Gasteiger partial charge in [-0.2, -0.15) is 5.10 Å². The average molecular weight is 251 g/mol. The molecular weight excluding hydrogens is 226 g/mol. The summed E-state index contributed by atoms with van der Waals surface area (Å²) in [5.41, 5.74) is 1.28. The van der Waals surface area contributed by atoms with Crippen LogP contribution in [0.3, 0.4) is 0 Å². The molecule has 0 amide bonds. The van der Waals surface area contributed by atoms with Crippen LogP contribution >= 0.6 is 0 Å². The lowest BCUT2D eigenvalue weighted by Gasteiger charge is -2.17. The molecule has 0 saturated carbocycles. The van der Waals surface area contributed by atoms with E-state index < -0.39 is 0 Å². The topological polar surface area (TPSA) is 39.1 Å². The molecule has 2 unspecified atom stereocenters. The molecule has 1 saturated heterocycles. The van der Waals surface area contributed by atoms with Crippen molar-refractivity contribution < 1.29 is 4.74 Å². The molecule has 1 fully saturated rings. The van der Waals surface area contributed by atoms with E-state index in [4.69, 9.17) is 4.74 Å². The van der Waals surface area contributed by atoms with Crippen LogP contribution in [-0.4, -0.2) is 29.0 Å². The molecule has 102 valence electrons. The SMILES string of the molecule is CCCn1nccc1CNCC1CCOC1CC. The second-order valence-electron chi connectivity index (χ2n) is 5.04. The van der Waals surface area contributed by atoms with Crippen molar-refractivity contribution in [2.75, 3.05) is 13.2 Å². The summed E-state index contributed by atoms with van der Waals surface area (Å²) in [6, 6.07) is 2.10. The molecular formula is C14H25N3O. The van der Waals surface area contributed by atoms with E-state index in [1.807, 2.05) is 6.20 Å². The zero-order chi connectivity index (χ0) is 12.8. The van der Waals surface area contributed by atoms with E-state index in [-0.39, 0.29) is 0 Å². The number of nitrogens with one attached hydrogen (secondary N) is 1. The highest BCUT2D eigenvalue weighted by atomic mass is 16.5. The largest absolute Gasteiger partial charge is 0.378 e. The summed E-state index contributed by atoms with van der Waals surface area (Å²) in [5.74, 6) is 0.678. The quantitative estimate of drug-likeness (QED) is 0.807. The number of hydrogen-bond acceptors (Lipinski definition) is 3. The lowest BCUT2D eigenvalue weighted by Crippen LogP contribution is -2.28. The first-order chi connectivity index (χ1) is 8.85. The second kappa shape index (κ2) is 6.90. The van der Waals surface area contributed by atoms with Crippen LogP contribution in [0.15, 0.2) is 12.3 Å². The molecule has 4 nitrogen and oxygen atoms in total. The van der Waals surface area contributed by atoms with E-state index in [0.29, 0.717) is 12.0 Å². The van der Waals surface area contributed by atoms with Crippen molar-refractivity contribution in [3.63, 3.8) is 0 Å². The summed E-state index contributed by atoms with van der Waals surface area (Å²) in [6.07, 6.45) is 5.79. The van der Waals surface area contributed by atoms with E-state index in [0.717, 1.165) is 39.1 Å². The van der Waals surface area contributed by atoms with E-state index in [1.54, 1.807) is 0 Å². The lowest BCUT2D eigenvalue weighted by atomic mass is 10.00. The van der Waals surface area contributed by atoms with E-state index in [9.17, 15) is 0 Å². The minimum absolute atomic E-state index is 0.457. The van der Waals surface area contributed by atoms with Crippen LogP contribution in [0.25, 0.3) is 0 Å². The first-order valence-corrected chi connectivity index (χ1v) is 7.18. The molecule has 2 atom stereocenters. The molecule has 0 radical (unpaired) electrons. The fourth-order valence-corrected chi connectivity index (χ4v) is 2.69. The van der Waals surface area contributed by atoms with Crippen molar-refractivity contribution in [1.82, 2.24) is 15.1 Å². The first kappa shape index (κ1) is 13.6. The Morgan fingerprint density at radius 2 is 2.39 bits per heavy atom. The second-order valence-corrected chi connectivity index (χ2v) is 5.04. The van der Waals surface area contributed by atoms with Gasteiger partial charge in [0.15, 0.2) is 0 Å². The molecule has 1 aliphatic rings. The van der Waals surface area contributed by atoms with Crippen molar-refractivity contribution in [2.45, 2.75) is 52.3 Å². The van der Waals surface area contributed by atoms with Crippen LogP contribution in [0.1, 0.15) is 38.8 Å². The average Bonchev–Trinajstić information content (AvgIpc) is 2.99. The van der Waals surface area contributed by atoms with Gasteiger partial charge >= 0.3 is 0 Å². The van der Waals surface area contributed by atoms with Crippen molar-refractivity contribution in [1.29, 1.82) is 0 Å². The Bertz CT molecular complexity index is 351. The number of aryl methyl sites for hydroxylation is 1. The fraction of sp³-hybridized carbons (Fsp3) is 0.786. The highest BCUT2D eigenvalue weighted by Crippen LogP contribution is 2.22. The predicted octanol–water partition coefficient (Wildman–Crippen LogP) is 2.20. The Labute approximate surface area is 110 Å². The summed E-state index contributed by atoms with van der Waals surface area (Å²) in [7, 11) is 0.